The number of anilines is 1. The minimum atomic E-state index is -0.830. The van der Waals surface area contributed by atoms with Gasteiger partial charge in [-0.25, -0.2) is 0 Å². The first-order chi connectivity index (χ1) is 12.4. The topological polar surface area (TPSA) is 47.6 Å². The number of rotatable bonds is 9. The zero-order valence-electron chi connectivity index (χ0n) is 16.6. The van der Waals surface area contributed by atoms with E-state index < -0.39 is 5.60 Å². The van der Waals surface area contributed by atoms with E-state index in [1.54, 1.807) is 7.11 Å². The molecule has 0 fully saturated rings. The second kappa shape index (κ2) is 9.04. The molecule has 0 aliphatic heterocycles. The lowest BCUT2D eigenvalue weighted by atomic mass is 9.97. The first kappa shape index (κ1) is 20.2. The Labute approximate surface area is 156 Å². The van der Waals surface area contributed by atoms with E-state index >= 15 is 0 Å². The van der Waals surface area contributed by atoms with Gasteiger partial charge in [0.25, 0.3) is 5.91 Å². The highest BCUT2D eigenvalue weighted by molar-refractivity contribution is 6.06. The highest BCUT2D eigenvalue weighted by atomic mass is 16.5. The number of hydrogen-bond donors (Lipinski definition) is 1. The molecule has 0 saturated heterocycles. The van der Waals surface area contributed by atoms with E-state index in [0.29, 0.717) is 6.42 Å². The summed E-state index contributed by atoms with van der Waals surface area (Å²) in [5, 5.41) is 5.03. The van der Waals surface area contributed by atoms with Gasteiger partial charge in [-0.3, -0.25) is 4.79 Å². The second-order valence-electron chi connectivity index (χ2n) is 6.99. The number of fused-ring (bicyclic) bond motifs is 1. The maximum atomic E-state index is 12.9. The summed E-state index contributed by atoms with van der Waals surface area (Å²) in [7, 11) is 1.59. The summed E-state index contributed by atoms with van der Waals surface area (Å²) >= 11 is 0. The molecule has 0 bridgehead atoms. The molecule has 0 saturated carbocycles. The van der Waals surface area contributed by atoms with Gasteiger partial charge in [0, 0.05) is 23.6 Å². The molecule has 2 aromatic rings. The number of carbonyl (C=O) groups is 1. The first-order valence-electron chi connectivity index (χ1n) is 9.50. The lowest BCUT2D eigenvalue weighted by molar-refractivity contribution is -0.136. The predicted molar refractivity (Wildman–Crippen MR) is 108 cm³/mol. The number of nitrogens with one attached hydrogen (secondary N) is 1. The van der Waals surface area contributed by atoms with Gasteiger partial charge >= 0.3 is 0 Å². The van der Waals surface area contributed by atoms with Gasteiger partial charge in [0.15, 0.2) is 0 Å². The fraction of sp³-hybridized carbons (Fsp3) is 0.500. The van der Waals surface area contributed by atoms with Crippen molar-refractivity contribution in [1.29, 1.82) is 0 Å². The number of benzene rings is 2. The van der Waals surface area contributed by atoms with Crippen LogP contribution in [0.1, 0.15) is 53.4 Å². The van der Waals surface area contributed by atoms with Gasteiger partial charge in [-0.05, 0) is 38.8 Å². The van der Waals surface area contributed by atoms with E-state index in [-0.39, 0.29) is 12.0 Å². The molecule has 1 N–H and O–H groups in total. The van der Waals surface area contributed by atoms with Gasteiger partial charge in [0.1, 0.15) is 11.4 Å². The molecule has 4 heteroatoms. The average Bonchev–Trinajstić information content (AvgIpc) is 2.67. The zero-order valence-corrected chi connectivity index (χ0v) is 16.6. The van der Waals surface area contributed by atoms with E-state index in [4.69, 9.17) is 9.47 Å². The summed E-state index contributed by atoms with van der Waals surface area (Å²) in [5.41, 5.74) is -0.0508. The third kappa shape index (κ3) is 4.55. The minimum absolute atomic E-state index is 0.116. The maximum Gasteiger partial charge on any atom is 0.256 e. The second-order valence-corrected chi connectivity index (χ2v) is 6.99. The molecule has 2 aromatic carbocycles. The maximum absolute atomic E-state index is 12.9. The van der Waals surface area contributed by atoms with Crippen LogP contribution in [0, 0.1) is 0 Å². The molecule has 0 radical (unpaired) electrons. The Morgan fingerprint density at radius 3 is 2.46 bits per heavy atom. The Kier molecular flexibility index (Phi) is 7.04. The third-order valence-corrected chi connectivity index (χ3v) is 4.97. The average molecular weight is 357 g/mol. The fourth-order valence-corrected chi connectivity index (χ4v) is 2.86. The molecule has 4 nitrogen and oxygen atoms in total. The van der Waals surface area contributed by atoms with Gasteiger partial charge < -0.3 is 14.8 Å². The third-order valence-electron chi connectivity index (χ3n) is 4.97. The molecule has 142 valence electrons. The number of amides is 1. The molecule has 1 amide bonds. The van der Waals surface area contributed by atoms with E-state index in [1.165, 1.54) is 0 Å². The summed E-state index contributed by atoms with van der Waals surface area (Å²) in [6.07, 6.45) is 3.75. The van der Waals surface area contributed by atoms with Gasteiger partial charge in [0.05, 0.1) is 6.10 Å². The smallest absolute Gasteiger partial charge is 0.256 e. The van der Waals surface area contributed by atoms with Crippen LogP contribution in [0.15, 0.2) is 36.4 Å². The quantitative estimate of drug-likeness (QED) is 0.640. The van der Waals surface area contributed by atoms with Crippen molar-refractivity contribution in [3.8, 4) is 5.75 Å². The van der Waals surface area contributed by atoms with Crippen molar-refractivity contribution in [3.63, 3.8) is 0 Å². The van der Waals surface area contributed by atoms with E-state index in [0.717, 1.165) is 41.5 Å². The molecule has 2 rings (SSSR count). The molecular weight excluding hydrogens is 326 g/mol. The zero-order chi connectivity index (χ0) is 19.2. The highest BCUT2D eigenvalue weighted by Gasteiger charge is 2.32. The molecule has 0 aliphatic rings. The SMILES string of the molecule is CCCC[C@](C)(OC)C(=O)Nc1ccc(O[C@H](C)CC)c2ccccc12. The van der Waals surface area contributed by atoms with Crippen molar-refractivity contribution in [1.82, 2.24) is 0 Å². The largest absolute Gasteiger partial charge is 0.490 e. The van der Waals surface area contributed by atoms with Crippen molar-refractivity contribution in [3.05, 3.63) is 36.4 Å². The van der Waals surface area contributed by atoms with Crippen LogP contribution < -0.4 is 10.1 Å². The van der Waals surface area contributed by atoms with E-state index in [2.05, 4.69) is 26.1 Å². The fourth-order valence-electron chi connectivity index (χ4n) is 2.86. The minimum Gasteiger partial charge on any atom is -0.490 e. The molecule has 26 heavy (non-hydrogen) atoms. The van der Waals surface area contributed by atoms with Crippen molar-refractivity contribution >= 4 is 22.4 Å². The van der Waals surface area contributed by atoms with Crippen LogP contribution >= 0.6 is 0 Å². The van der Waals surface area contributed by atoms with Crippen LogP contribution in [-0.4, -0.2) is 24.7 Å². The van der Waals surface area contributed by atoms with Gasteiger partial charge in [-0.15, -0.1) is 0 Å². The normalized spacial score (nSPS) is 14.7. The van der Waals surface area contributed by atoms with Gasteiger partial charge in [-0.2, -0.15) is 0 Å². The van der Waals surface area contributed by atoms with Crippen LogP contribution in [0.2, 0.25) is 0 Å². The van der Waals surface area contributed by atoms with Crippen LogP contribution in [0.3, 0.4) is 0 Å². The van der Waals surface area contributed by atoms with Crippen molar-refractivity contribution in [2.45, 2.75) is 65.1 Å². The summed E-state index contributed by atoms with van der Waals surface area (Å²) in [6.45, 7) is 8.11. The van der Waals surface area contributed by atoms with Crippen LogP contribution in [0.5, 0.6) is 5.75 Å². The lowest BCUT2D eigenvalue weighted by Crippen LogP contribution is -2.42. The standard InChI is InChI=1S/C22H31NO3/c1-6-8-15-22(4,25-5)21(24)23-19-13-14-20(26-16(3)7-2)18-12-10-9-11-17(18)19/h9-14,16H,6-8,15H2,1-5H3,(H,23,24)/t16-,22+/m1/s1. The molecule has 0 heterocycles. The molecule has 0 spiro atoms. The van der Waals surface area contributed by atoms with Crippen LogP contribution in [-0.2, 0) is 9.53 Å². The van der Waals surface area contributed by atoms with Gasteiger partial charge in [-0.1, -0.05) is 51.0 Å². The Bertz CT molecular complexity index is 743. The van der Waals surface area contributed by atoms with Crippen molar-refractivity contribution in [2.75, 3.05) is 12.4 Å². The Morgan fingerprint density at radius 2 is 1.85 bits per heavy atom. The molecular formula is C22H31NO3. The number of unbranched alkanes of at least 4 members (excludes halogenated alkanes) is 1. The summed E-state index contributed by atoms with van der Waals surface area (Å²) < 4.78 is 11.6. The molecule has 0 aromatic heterocycles. The Hall–Kier alpha value is -2.07. The molecule has 2 atom stereocenters. The molecule has 0 aliphatic carbocycles. The molecule has 0 unspecified atom stereocenters. The van der Waals surface area contributed by atoms with Crippen LogP contribution in [0.25, 0.3) is 10.8 Å². The monoisotopic (exact) mass is 357 g/mol. The summed E-state index contributed by atoms with van der Waals surface area (Å²) in [4.78, 5) is 12.9. The number of ether oxygens (including phenoxy) is 2. The van der Waals surface area contributed by atoms with Crippen LogP contribution in [0.4, 0.5) is 5.69 Å². The lowest BCUT2D eigenvalue weighted by Gasteiger charge is -2.27. The van der Waals surface area contributed by atoms with Crippen molar-refractivity contribution < 1.29 is 14.3 Å². The summed E-state index contributed by atoms with van der Waals surface area (Å²) in [6, 6.07) is 11.8. The summed E-state index contributed by atoms with van der Waals surface area (Å²) in [5.74, 6) is 0.725. The van der Waals surface area contributed by atoms with Crippen molar-refractivity contribution in [2.24, 2.45) is 0 Å². The van der Waals surface area contributed by atoms with E-state index in [9.17, 15) is 4.79 Å². The van der Waals surface area contributed by atoms with Gasteiger partial charge in [0.2, 0.25) is 0 Å². The number of carbonyl (C=O) groups excluding carboxylic acids is 1. The highest BCUT2D eigenvalue weighted by Crippen LogP contribution is 2.33. The first-order valence-corrected chi connectivity index (χ1v) is 9.50. The Morgan fingerprint density at radius 1 is 1.15 bits per heavy atom. The predicted octanol–water partition coefficient (Wildman–Crippen LogP) is 5.55. The Balaban J connectivity index is 2.33. The number of methoxy groups -OCH3 is 1. The number of hydrogen-bond acceptors (Lipinski definition) is 3. The van der Waals surface area contributed by atoms with E-state index in [1.807, 2.05) is 43.3 Å².